The lowest BCUT2D eigenvalue weighted by atomic mass is 9.90. The largest absolute Gasteiger partial charge is 0.391 e. The number of hydrogen-bond acceptors (Lipinski definition) is 4. The molecular formula is C32H47N3O3. The van der Waals surface area contributed by atoms with Gasteiger partial charge in [0.15, 0.2) is 0 Å². The topological polar surface area (TPSA) is 64.1 Å². The second kappa shape index (κ2) is 12.9. The summed E-state index contributed by atoms with van der Waals surface area (Å²) in [6, 6.07) is 20.2. The molecule has 6 heteroatoms. The summed E-state index contributed by atoms with van der Waals surface area (Å²) in [6.45, 7) is 8.50. The molecule has 1 fully saturated rings. The fraction of sp³-hybridized carbons (Fsp3) is 0.562. The third-order valence-corrected chi connectivity index (χ3v) is 8.36. The standard InChI is InChI=1S/C32H47N3O3/c1-31(2,21-25-15-9-7-10-16-25)33(5)29(37)23-35(27-19-13-14-20-28(27)36)24-30(38)34(6)32(3,4)22-26-17-11-8-12-18-26/h7-12,15-18,27-28,36H,13-14,19-24H2,1-6H3. The molecule has 38 heavy (non-hydrogen) atoms. The van der Waals surface area contributed by atoms with Crippen molar-refractivity contribution in [1.82, 2.24) is 14.7 Å². The molecule has 1 aliphatic carbocycles. The number of amides is 2. The van der Waals surface area contributed by atoms with Crippen molar-refractivity contribution in [2.45, 2.75) is 89.4 Å². The Hall–Kier alpha value is -2.70. The number of likely N-dealkylation sites (N-methyl/N-ethyl adjacent to an activating group) is 2. The molecule has 3 rings (SSSR count). The molecule has 6 nitrogen and oxygen atoms in total. The van der Waals surface area contributed by atoms with Gasteiger partial charge in [0.05, 0.1) is 19.2 Å². The molecule has 208 valence electrons. The summed E-state index contributed by atoms with van der Waals surface area (Å²) in [7, 11) is 3.69. The molecule has 0 bridgehead atoms. The van der Waals surface area contributed by atoms with Gasteiger partial charge in [-0.3, -0.25) is 14.5 Å². The lowest BCUT2D eigenvalue weighted by molar-refractivity contribution is -0.141. The number of aliphatic hydroxyl groups is 1. The van der Waals surface area contributed by atoms with Crippen molar-refractivity contribution >= 4 is 11.8 Å². The van der Waals surface area contributed by atoms with Gasteiger partial charge in [-0.25, -0.2) is 0 Å². The molecule has 2 unspecified atom stereocenters. The minimum atomic E-state index is -0.533. The van der Waals surface area contributed by atoms with Crippen LogP contribution in [0.5, 0.6) is 0 Å². The van der Waals surface area contributed by atoms with Gasteiger partial charge in [-0.2, -0.15) is 0 Å². The fourth-order valence-electron chi connectivity index (χ4n) is 5.47. The lowest BCUT2D eigenvalue weighted by Gasteiger charge is -2.42. The zero-order valence-corrected chi connectivity index (χ0v) is 24.2. The SMILES string of the molecule is CN(C(=O)CN(CC(=O)N(C)C(C)(C)Cc1ccccc1)C1CCCCC1O)C(C)(C)Cc1ccccc1. The van der Waals surface area contributed by atoms with Crippen LogP contribution in [0.15, 0.2) is 60.7 Å². The maximum atomic E-state index is 13.6. The number of benzene rings is 2. The fourth-order valence-corrected chi connectivity index (χ4v) is 5.47. The van der Waals surface area contributed by atoms with E-state index in [0.29, 0.717) is 6.42 Å². The first kappa shape index (κ1) is 29.9. The van der Waals surface area contributed by atoms with E-state index in [1.54, 1.807) is 9.80 Å². The van der Waals surface area contributed by atoms with E-state index in [1.807, 2.05) is 55.4 Å². The average molecular weight is 522 g/mol. The Bertz CT molecular complexity index is 965. The van der Waals surface area contributed by atoms with Crippen molar-refractivity contribution in [3.05, 3.63) is 71.8 Å². The van der Waals surface area contributed by atoms with E-state index < -0.39 is 17.2 Å². The van der Waals surface area contributed by atoms with Crippen molar-refractivity contribution in [2.24, 2.45) is 0 Å². The molecule has 1 N–H and O–H groups in total. The first-order valence-electron chi connectivity index (χ1n) is 13.9. The van der Waals surface area contributed by atoms with Crippen LogP contribution in [0.25, 0.3) is 0 Å². The second-order valence-electron chi connectivity index (χ2n) is 12.2. The quantitative estimate of drug-likeness (QED) is 0.471. The Morgan fingerprint density at radius 1 is 0.737 bits per heavy atom. The molecule has 1 saturated carbocycles. The third-order valence-electron chi connectivity index (χ3n) is 8.36. The van der Waals surface area contributed by atoms with Crippen molar-refractivity contribution in [1.29, 1.82) is 0 Å². The number of nitrogens with zero attached hydrogens (tertiary/aromatic N) is 3. The van der Waals surface area contributed by atoms with Crippen LogP contribution in [0.3, 0.4) is 0 Å². The molecule has 0 aliphatic heterocycles. The predicted octanol–water partition coefficient (Wildman–Crippen LogP) is 4.55. The van der Waals surface area contributed by atoms with Gasteiger partial charge >= 0.3 is 0 Å². The van der Waals surface area contributed by atoms with Gasteiger partial charge in [0.2, 0.25) is 11.8 Å². The first-order valence-corrected chi connectivity index (χ1v) is 13.9. The van der Waals surface area contributed by atoms with Crippen molar-refractivity contribution in [2.75, 3.05) is 27.2 Å². The Morgan fingerprint density at radius 2 is 1.13 bits per heavy atom. The van der Waals surface area contributed by atoms with Gasteiger partial charge in [-0.15, -0.1) is 0 Å². The molecule has 1 aliphatic rings. The van der Waals surface area contributed by atoms with Crippen LogP contribution < -0.4 is 0 Å². The molecule has 0 radical (unpaired) electrons. The first-order chi connectivity index (χ1) is 17.9. The van der Waals surface area contributed by atoms with Crippen LogP contribution in [-0.2, 0) is 22.4 Å². The van der Waals surface area contributed by atoms with Gasteiger partial charge in [-0.1, -0.05) is 73.5 Å². The number of rotatable bonds is 11. The summed E-state index contributed by atoms with van der Waals surface area (Å²) in [6.07, 6.45) is 4.39. The van der Waals surface area contributed by atoms with E-state index >= 15 is 0 Å². The molecule has 2 amide bonds. The summed E-state index contributed by atoms with van der Waals surface area (Å²) < 4.78 is 0. The maximum Gasteiger partial charge on any atom is 0.236 e. The molecule has 2 atom stereocenters. The number of carbonyl (C=O) groups is 2. The number of hydrogen-bond donors (Lipinski definition) is 1. The van der Waals surface area contributed by atoms with E-state index in [2.05, 4.69) is 52.0 Å². The molecule has 2 aromatic rings. The summed E-state index contributed by atoms with van der Waals surface area (Å²) in [5.41, 5.74) is 1.56. The van der Waals surface area contributed by atoms with Crippen molar-refractivity contribution in [3.63, 3.8) is 0 Å². The van der Waals surface area contributed by atoms with Gasteiger partial charge in [0.25, 0.3) is 0 Å². The molecule has 0 spiro atoms. The van der Waals surface area contributed by atoms with Crippen LogP contribution in [0.1, 0.15) is 64.5 Å². The molecular weight excluding hydrogens is 474 g/mol. The molecule has 0 saturated heterocycles. The van der Waals surface area contributed by atoms with E-state index in [9.17, 15) is 14.7 Å². The van der Waals surface area contributed by atoms with Gasteiger partial charge in [0, 0.05) is 31.2 Å². The molecule has 2 aromatic carbocycles. The predicted molar refractivity (Wildman–Crippen MR) is 154 cm³/mol. The highest BCUT2D eigenvalue weighted by atomic mass is 16.3. The highest BCUT2D eigenvalue weighted by Gasteiger charge is 2.36. The van der Waals surface area contributed by atoms with Crippen molar-refractivity contribution in [3.8, 4) is 0 Å². The van der Waals surface area contributed by atoms with Crippen LogP contribution in [0.2, 0.25) is 0 Å². The van der Waals surface area contributed by atoms with E-state index in [-0.39, 0.29) is 30.9 Å². The average Bonchev–Trinajstić information content (AvgIpc) is 2.88. The minimum absolute atomic E-state index is 0.0392. The van der Waals surface area contributed by atoms with Gasteiger partial charge in [-0.05, 0) is 64.5 Å². The van der Waals surface area contributed by atoms with Gasteiger partial charge in [0.1, 0.15) is 0 Å². The van der Waals surface area contributed by atoms with E-state index in [4.69, 9.17) is 0 Å². The molecule has 0 heterocycles. The summed E-state index contributed by atoms with van der Waals surface area (Å²) >= 11 is 0. The normalized spacial score (nSPS) is 18.3. The monoisotopic (exact) mass is 521 g/mol. The smallest absolute Gasteiger partial charge is 0.236 e. The highest BCUT2D eigenvalue weighted by molar-refractivity contribution is 5.82. The van der Waals surface area contributed by atoms with E-state index in [0.717, 1.165) is 32.1 Å². The Balaban J connectivity index is 1.73. The summed E-state index contributed by atoms with van der Waals surface area (Å²) in [5.74, 6) is -0.0783. The number of aliphatic hydroxyl groups excluding tert-OH is 1. The molecule has 0 aromatic heterocycles. The Morgan fingerprint density at radius 3 is 1.53 bits per heavy atom. The van der Waals surface area contributed by atoms with Crippen LogP contribution >= 0.6 is 0 Å². The summed E-state index contributed by atoms with van der Waals surface area (Å²) in [4.78, 5) is 32.7. The lowest BCUT2D eigenvalue weighted by Crippen LogP contribution is -2.57. The zero-order valence-electron chi connectivity index (χ0n) is 24.2. The van der Waals surface area contributed by atoms with Gasteiger partial charge < -0.3 is 14.9 Å². The van der Waals surface area contributed by atoms with Crippen LogP contribution in [0.4, 0.5) is 0 Å². The van der Waals surface area contributed by atoms with Crippen LogP contribution in [0, 0.1) is 0 Å². The second-order valence-corrected chi connectivity index (χ2v) is 12.2. The Kier molecular flexibility index (Phi) is 10.1. The maximum absolute atomic E-state index is 13.6. The zero-order chi connectivity index (χ0) is 27.9. The number of carbonyl (C=O) groups excluding carboxylic acids is 2. The minimum Gasteiger partial charge on any atom is -0.391 e. The Labute approximate surface area is 229 Å². The summed E-state index contributed by atoms with van der Waals surface area (Å²) in [5, 5.41) is 10.9. The highest BCUT2D eigenvalue weighted by Crippen LogP contribution is 2.26. The van der Waals surface area contributed by atoms with Crippen molar-refractivity contribution < 1.29 is 14.7 Å². The third kappa shape index (κ3) is 7.90. The van der Waals surface area contributed by atoms with Crippen LogP contribution in [-0.4, -0.2) is 82.0 Å². The van der Waals surface area contributed by atoms with E-state index in [1.165, 1.54) is 11.1 Å².